The monoisotopic (exact) mass is 586 g/mol. The highest BCUT2D eigenvalue weighted by molar-refractivity contribution is 5.96. The Morgan fingerprint density at radius 2 is 1.86 bits per heavy atom. The standard InChI is InChI=1S/C31H34N6O6/c1-36(2)27(38)17-8-7-13-23(34-31(41)42-3)29(39)33-24-15-10-18-37(30(24)40)19-26-32-22-14-9-16-25(28(22)35-26)43-20-21-11-5-4-6-12-21/h4-6,8-12,14-18,23H,7,13,19-20H2,1-3H3,(H,32,35)(H,33,39)(H,34,41)/b17-8+. The highest BCUT2D eigenvalue weighted by Gasteiger charge is 2.22. The van der Waals surface area contributed by atoms with Crippen LogP contribution in [-0.4, -0.2) is 64.6 Å². The van der Waals surface area contributed by atoms with Crippen LogP contribution in [0.1, 0.15) is 24.2 Å². The van der Waals surface area contributed by atoms with E-state index in [4.69, 9.17) is 4.74 Å². The molecule has 0 bridgehead atoms. The maximum Gasteiger partial charge on any atom is 0.407 e. The molecule has 3 N–H and O–H groups in total. The average Bonchev–Trinajstić information content (AvgIpc) is 3.43. The van der Waals surface area contributed by atoms with Gasteiger partial charge in [0.25, 0.3) is 5.56 Å². The molecule has 2 aromatic heterocycles. The van der Waals surface area contributed by atoms with E-state index in [1.54, 1.807) is 32.4 Å². The number of imidazole rings is 1. The summed E-state index contributed by atoms with van der Waals surface area (Å²) in [7, 11) is 4.44. The molecule has 0 aliphatic carbocycles. The van der Waals surface area contributed by atoms with Crippen molar-refractivity contribution in [2.45, 2.75) is 32.0 Å². The van der Waals surface area contributed by atoms with Crippen molar-refractivity contribution in [3.8, 4) is 5.75 Å². The number of H-pyrrole nitrogens is 1. The van der Waals surface area contributed by atoms with Crippen LogP contribution in [0.5, 0.6) is 5.75 Å². The first-order chi connectivity index (χ1) is 20.7. The van der Waals surface area contributed by atoms with E-state index in [2.05, 4.69) is 25.3 Å². The molecular formula is C31H34N6O6. The molecule has 12 heteroatoms. The normalized spacial score (nSPS) is 11.7. The number of carbonyl (C=O) groups is 3. The van der Waals surface area contributed by atoms with E-state index in [1.165, 1.54) is 28.7 Å². The minimum absolute atomic E-state index is 0.0329. The molecular weight excluding hydrogens is 552 g/mol. The number of alkyl carbamates (subject to hydrolysis) is 1. The van der Waals surface area contributed by atoms with Crippen molar-refractivity contribution in [1.29, 1.82) is 0 Å². The Kier molecular flexibility index (Phi) is 10.3. The Morgan fingerprint density at radius 1 is 1.07 bits per heavy atom. The number of aromatic nitrogens is 3. The second-order valence-corrected chi connectivity index (χ2v) is 9.85. The number of anilines is 1. The number of nitrogens with zero attached hydrogens (tertiary/aromatic N) is 3. The lowest BCUT2D eigenvalue weighted by molar-refractivity contribution is -0.123. The second-order valence-electron chi connectivity index (χ2n) is 9.85. The van der Waals surface area contributed by atoms with Gasteiger partial charge in [0.1, 0.15) is 35.4 Å². The molecule has 2 aromatic carbocycles. The number of para-hydroxylation sites is 1. The number of likely N-dealkylation sites (N-methyl/N-ethyl adjacent to an activating group) is 1. The highest BCUT2D eigenvalue weighted by Crippen LogP contribution is 2.24. The van der Waals surface area contributed by atoms with Crippen LogP contribution in [0, 0.1) is 0 Å². The summed E-state index contributed by atoms with van der Waals surface area (Å²) < 4.78 is 12.1. The molecule has 1 atom stereocenters. The third-order valence-electron chi connectivity index (χ3n) is 6.48. The lowest BCUT2D eigenvalue weighted by atomic mass is 10.1. The summed E-state index contributed by atoms with van der Waals surface area (Å²) in [5, 5.41) is 5.08. The van der Waals surface area contributed by atoms with Gasteiger partial charge < -0.3 is 34.6 Å². The molecule has 0 saturated heterocycles. The van der Waals surface area contributed by atoms with Crippen molar-refractivity contribution in [3.05, 3.63) is 101 Å². The number of fused-ring (bicyclic) bond motifs is 1. The molecule has 0 radical (unpaired) electrons. The summed E-state index contributed by atoms with van der Waals surface area (Å²) in [4.78, 5) is 59.2. The van der Waals surface area contributed by atoms with Crippen molar-refractivity contribution in [3.63, 3.8) is 0 Å². The first kappa shape index (κ1) is 30.6. The minimum Gasteiger partial charge on any atom is -0.487 e. The summed E-state index contributed by atoms with van der Waals surface area (Å²) in [5.41, 5.74) is 2.01. The minimum atomic E-state index is -1.01. The third-order valence-corrected chi connectivity index (χ3v) is 6.48. The van der Waals surface area contributed by atoms with E-state index in [9.17, 15) is 19.2 Å². The van der Waals surface area contributed by atoms with E-state index < -0.39 is 23.6 Å². The lowest BCUT2D eigenvalue weighted by Gasteiger charge is -2.17. The zero-order valence-electron chi connectivity index (χ0n) is 24.2. The molecule has 0 fully saturated rings. The highest BCUT2D eigenvalue weighted by atomic mass is 16.5. The SMILES string of the molecule is COC(=O)NC(CC/C=C/C(=O)N(C)C)C(=O)Nc1cccn(Cc2nc3cccc(OCc4ccccc4)c3[nH]2)c1=O. The van der Waals surface area contributed by atoms with Crippen LogP contribution in [0.2, 0.25) is 0 Å². The fraction of sp³-hybridized carbons (Fsp3) is 0.258. The maximum absolute atomic E-state index is 13.3. The Labute approximate surface area is 248 Å². The number of amides is 3. The Bertz CT molecular complexity index is 1660. The molecule has 0 spiro atoms. The number of allylic oxidation sites excluding steroid dienone is 1. The molecule has 0 aliphatic heterocycles. The van der Waals surface area contributed by atoms with Crippen molar-refractivity contribution in [2.75, 3.05) is 26.5 Å². The van der Waals surface area contributed by atoms with Crippen molar-refractivity contribution in [1.82, 2.24) is 24.8 Å². The molecule has 224 valence electrons. The molecule has 2 heterocycles. The van der Waals surface area contributed by atoms with E-state index >= 15 is 0 Å². The largest absolute Gasteiger partial charge is 0.487 e. The fourth-order valence-electron chi connectivity index (χ4n) is 4.19. The van der Waals surface area contributed by atoms with Crippen molar-refractivity contribution in [2.24, 2.45) is 0 Å². The maximum atomic E-state index is 13.3. The predicted octanol–water partition coefficient (Wildman–Crippen LogP) is 3.44. The summed E-state index contributed by atoms with van der Waals surface area (Å²) in [6.45, 7) is 0.510. The summed E-state index contributed by atoms with van der Waals surface area (Å²) in [6, 6.07) is 17.5. The van der Waals surface area contributed by atoms with Gasteiger partial charge in [0, 0.05) is 20.3 Å². The van der Waals surface area contributed by atoms with Crippen LogP contribution in [0.15, 0.2) is 83.8 Å². The van der Waals surface area contributed by atoms with Crippen LogP contribution in [-0.2, 0) is 27.5 Å². The molecule has 0 aliphatic rings. The zero-order chi connectivity index (χ0) is 30.8. The van der Waals surface area contributed by atoms with Gasteiger partial charge in [-0.15, -0.1) is 0 Å². The van der Waals surface area contributed by atoms with E-state index in [-0.39, 0.29) is 24.6 Å². The Morgan fingerprint density at radius 3 is 2.60 bits per heavy atom. The fourth-order valence-corrected chi connectivity index (χ4v) is 4.19. The average molecular weight is 587 g/mol. The van der Waals surface area contributed by atoms with Gasteiger partial charge in [-0.2, -0.15) is 0 Å². The zero-order valence-corrected chi connectivity index (χ0v) is 24.2. The van der Waals surface area contributed by atoms with Crippen LogP contribution in [0.25, 0.3) is 11.0 Å². The lowest BCUT2D eigenvalue weighted by Crippen LogP contribution is -2.44. The number of rotatable bonds is 12. The Hall–Kier alpha value is -5.39. The quantitative estimate of drug-likeness (QED) is 0.216. The van der Waals surface area contributed by atoms with Crippen LogP contribution in [0.4, 0.5) is 10.5 Å². The van der Waals surface area contributed by atoms with Gasteiger partial charge in [0.05, 0.1) is 19.2 Å². The van der Waals surface area contributed by atoms with Crippen molar-refractivity contribution >= 4 is 34.6 Å². The summed E-state index contributed by atoms with van der Waals surface area (Å²) in [5.74, 6) is 0.364. The van der Waals surface area contributed by atoms with Crippen molar-refractivity contribution < 1.29 is 23.9 Å². The van der Waals surface area contributed by atoms with Gasteiger partial charge in [0.2, 0.25) is 11.8 Å². The smallest absolute Gasteiger partial charge is 0.407 e. The third kappa shape index (κ3) is 8.32. The number of nitrogens with one attached hydrogen (secondary N) is 3. The summed E-state index contributed by atoms with van der Waals surface area (Å²) >= 11 is 0. The molecule has 3 amide bonds. The van der Waals surface area contributed by atoms with E-state index in [0.717, 1.165) is 5.56 Å². The molecule has 4 rings (SSSR count). The topological polar surface area (TPSA) is 148 Å². The van der Waals surface area contributed by atoms with Crippen LogP contribution >= 0.6 is 0 Å². The molecule has 4 aromatic rings. The number of methoxy groups -OCH3 is 1. The van der Waals surface area contributed by atoms with Crippen LogP contribution in [0.3, 0.4) is 0 Å². The molecule has 12 nitrogen and oxygen atoms in total. The Balaban J connectivity index is 1.46. The number of carbonyl (C=O) groups excluding carboxylic acids is 3. The number of aromatic amines is 1. The van der Waals surface area contributed by atoms with Gasteiger partial charge >= 0.3 is 6.09 Å². The number of pyridine rings is 1. The van der Waals surface area contributed by atoms with Gasteiger partial charge in [-0.1, -0.05) is 42.5 Å². The van der Waals surface area contributed by atoms with Gasteiger partial charge in [-0.25, -0.2) is 9.78 Å². The van der Waals surface area contributed by atoms with Gasteiger partial charge in [0.15, 0.2) is 0 Å². The predicted molar refractivity (Wildman–Crippen MR) is 162 cm³/mol. The number of hydrogen-bond donors (Lipinski definition) is 3. The summed E-state index contributed by atoms with van der Waals surface area (Å²) in [6.07, 6.45) is 4.30. The first-order valence-corrected chi connectivity index (χ1v) is 13.6. The van der Waals surface area contributed by atoms with E-state index in [1.807, 2.05) is 48.5 Å². The number of ether oxygens (including phenoxy) is 2. The molecule has 1 unspecified atom stereocenters. The number of hydrogen-bond acceptors (Lipinski definition) is 7. The molecule has 43 heavy (non-hydrogen) atoms. The second kappa shape index (κ2) is 14.5. The van der Waals surface area contributed by atoms with Gasteiger partial charge in [-0.3, -0.25) is 14.4 Å². The van der Waals surface area contributed by atoms with Gasteiger partial charge in [-0.05, 0) is 48.7 Å². The molecule has 0 saturated carbocycles. The van der Waals surface area contributed by atoms with Crippen LogP contribution < -0.4 is 20.9 Å². The first-order valence-electron chi connectivity index (χ1n) is 13.6. The van der Waals surface area contributed by atoms with E-state index in [0.29, 0.717) is 35.6 Å². The number of benzene rings is 2.